The zero-order valence-corrected chi connectivity index (χ0v) is 14.3. The van der Waals surface area contributed by atoms with Gasteiger partial charge in [0.2, 0.25) is 11.8 Å². The number of amides is 2. The van der Waals surface area contributed by atoms with Crippen LogP contribution in [0.15, 0.2) is 48.5 Å². The molecule has 1 fully saturated rings. The second-order valence-corrected chi connectivity index (χ2v) is 6.41. The molecule has 1 N–H and O–H groups in total. The first-order valence-corrected chi connectivity index (χ1v) is 8.61. The van der Waals surface area contributed by atoms with Gasteiger partial charge in [0.25, 0.3) is 0 Å². The van der Waals surface area contributed by atoms with Crippen LogP contribution in [0.4, 0.5) is 14.5 Å². The number of hydrogen-bond acceptors (Lipinski definition) is 2. The Balaban J connectivity index is 1.82. The number of hydrogen-bond donors (Lipinski definition) is 1. The summed E-state index contributed by atoms with van der Waals surface area (Å²) in [7, 11) is 0. The minimum absolute atomic E-state index is 0.0395. The molecule has 2 aromatic rings. The Morgan fingerprint density at radius 2 is 1.85 bits per heavy atom. The molecule has 0 bridgehead atoms. The van der Waals surface area contributed by atoms with Crippen molar-refractivity contribution in [1.29, 1.82) is 0 Å². The number of anilines is 1. The van der Waals surface area contributed by atoms with Crippen molar-refractivity contribution in [1.82, 2.24) is 5.32 Å². The topological polar surface area (TPSA) is 49.4 Å². The maximum absolute atomic E-state index is 14.0. The summed E-state index contributed by atoms with van der Waals surface area (Å²) in [5.74, 6) is -1.12. The first kappa shape index (κ1) is 18.0. The molecule has 0 aliphatic carbocycles. The molecule has 0 radical (unpaired) electrons. The average Bonchev–Trinajstić information content (AvgIpc) is 2.62. The summed E-state index contributed by atoms with van der Waals surface area (Å²) in [6.45, 7) is 0.0395. The molecule has 1 unspecified atom stereocenters. The van der Waals surface area contributed by atoms with Gasteiger partial charge in [0.1, 0.15) is 11.6 Å². The highest BCUT2D eigenvalue weighted by Gasteiger charge is 2.25. The van der Waals surface area contributed by atoms with Gasteiger partial charge in [0.05, 0.1) is 6.54 Å². The Hall–Kier alpha value is -2.76. The SMILES string of the molecule is O=C1CCCC(CC(=O)N(Cc2ccccc2F)c2ccc(F)cc2)N1. The lowest BCUT2D eigenvalue weighted by atomic mass is 10.0. The Kier molecular flexibility index (Phi) is 5.61. The molecule has 26 heavy (non-hydrogen) atoms. The molecular weight excluding hydrogens is 338 g/mol. The molecule has 1 aliphatic rings. The molecule has 6 heteroatoms. The van der Waals surface area contributed by atoms with Gasteiger partial charge < -0.3 is 10.2 Å². The fraction of sp³-hybridized carbons (Fsp3) is 0.300. The summed E-state index contributed by atoms with van der Waals surface area (Å²) < 4.78 is 27.3. The minimum Gasteiger partial charge on any atom is -0.353 e. The van der Waals surface area contributed by atoms with Gasteiger partial charge in [0.15, 0.2) is 0 Å². The van der Waals surface area contributed by atoms with Crippen molar-refractivity contribution in [2.75, 3.05) is 4.90 Å². The van der Waals surface area contributed by atoms with Gasteiger partial charge >= 0.3 is 0 Å². The van der Waals surface area contributed by atoms with Crippen molar-refractivity contribution in [2.24, 2.45) is 0 Å². The number of benzene rings is 2. The molecule has 2 aromatic carbocycles. The predicted octanol–water partition coefficient (Wildman–Crippen LogP) is 3.56. The van der Waals surface area contributed by atoms with Crippen LogP contribution in [0.25, 0.3) is 0 Å². The van der Waals surface area contributed by atoms with Crippen molar-refractivity contribution in [2.45, 2.75) is 38.3 Å². The molecule has 1 heterocycles. The maximum atomic E-state index is 14.0. The normalized spacial score (nSPS) is 16.8. The zero-order valence-electron chi connectivity index (χ0n) is 14.3. The molecule has 0 saturated carbocycles. The molecule has 2 amide bonds. The van der Waals surface area contributed by atoms with Crippen LogP contribution in [0.5, 0.6) is 0 Å². The van der Waals surface area contributed by atoms with E-state index >= 15 is 0 Å². The van der Waals surface area contributed by atoms with Gasteiger partial charge in [-0.15, -0.1) is 0 Å². The van der Waals surface area contributed by atoms with Crippen LogP contribution in [0.2, 0.25) is 0 Å². The largest absolute Gasteiger partial charge is 0.353 e. The fourth-order valence-corrected chi connectivity index (χ4v) is 3.10. The summed E-state index contributed by atoms with van der Waals surface area (Å²) in [5, 5.41) is 2.82. The lowest BCUT2D eigenvalue weighted by Gasteiger charge is -2.28. The van der Waals surface area contributed by atoms with E-state index in [4.69, 9.17) is 0 Å². The molecule has 136 valence electrons. The van der Waals surface area contributed by atoms with Crippen LogP contribution in [0, 0.1) is 11.6 Å². The van der Waals surface area contributed by atoms with Crippen molar-refractivity contribution in [3.05, 3.63) is 65.7 Å². The first-order valence-electron chi connectivity index (χ1n) is 8.61. The lowest BCUT2D eigenvalue weighted by molar-refractivity contribution is -0.124. The van der Waals surface area contributed by atoms with Crippen LogP contribution in [-0.2, 0) is 16.1 Å². The fourth-order valence-electron chi connectivity index (χ4n) is 3.10. The van der Waals surface area contributed by atoms with Crippen LogP contribution in [0.1, 0.15) is 31.2 Å². The molecule has 0 spiro atoms. The lowest BCUT2D eigenvalue weighted by Crippen LogP contribution is -2.43. The van der Waals surface area contributed by atoms with Gasteiger partial charge in [0, 0.05) is 30.1 Å². The van der Waals surface area contributed by atoms with Crippen LogP contribution < -0.4 is 10.2 Å². The molecule has 1 saturated heterocycles. The second-order valence-electron chi connectivity index (χ2n) is 6.41. The van der Waals surface area contributed by atoms with Gasteiger partial charge in [-0.2, -0.15) is 0 Å². The van der Waals surface area contributed by atoms with E-state index in [1.165, 1.54) is 35.2 Å². The van der Waals surface area contributed by atoms with Gasteiger partial charge in [-0.3, -0.25) is 9.59 Å². The number of rotatable bonds is 5. The minimum atomic E-state index is -0.411. The zero-order chi connectivity index (χ0) is 18.5. The van der Waals surface area contributed by atoms with E-state index in [-0.39, 0.29) is 30.8 Å². The van der Waals surface area contributed by atoms with E-state index in [0.717, 1.165) is 12.8 Å². The highest BCUT2D eigenvalue weighted by atomic mass is 19.1. The Bertz CT molecular complexity index is 793. The quantitative estimate of drug-likeness (QED) is 0.889. The van der Waals surface area contributed by atoms with Crippen molar-refractivity contribution >= 4 is 17.5 Å². The number of halogens is 2. The van der Waals surface area contributed by atoms with Crippen molar-refractivity contribution in [3.8, 4) is 0 Å². The van der Waals surface area contributed by atoms with E-state index in [1.807, 2.05) is 0 Å². The van der Waals surface area contributed by atoms with Gasteiger partial charge in [-0.05, 0) is 43.2 Å². The third-order valence-electron chi connectivity index (χ3n) is 4.47. The summed E-state index contributed by atoms with van der Waals surface area (Å²) in [4.78, 5) is 25.8. The van der Waals surface area contributed by atoms with Crippen LogP contribution >= 0.6 is 0 Å². The highest BCUT2D eigenvalue weighted by molar-refractivity contribution is 5.94. The molecular formula is C20H20F2N2O2. The Labute approximate surface area is 150 Å². The smallest absolute Gasteiger partial charge is 0.229 e. The predicted molar refractivity (Wildman–Crippen MR) is 94.4 cm³/mol. The van der Waals surface area contributed by atoms with Crippen molar-refractivity contribution < 1.29 is 18.4 Å². The third kappa shape index (κ3) is 4.45. The van der Waals surface area contributed by atoms with E-state index < -0.39 is 11.6 Å². The van der Waals surface area contributed by atoms with Crippen LogP contribution in [0.3, 0.4) is 0 Å². The highest BCUT2D eigenvalue weighted by Crippen LogP contribution is 2.22. The monoisotopic (exact) mass is 358 g/mol. The number of piperidine rings is 1. The molecule has 1 atom stereocenters. The standard InChI is InChI=1S/C20H20F2N2O2/c21-15-8-10-17(11-9-15)24(13-14-4-1-2-6-18(14)22)20(26)12-16-5-3-7-19(25)23-16/h1-2,4,6,8-11,16H,3,5,7,12-13H2,(H,23,25). The third-order valence-corrected chi connectivity index (χ3v) is 4.47. The summed E-state index contributed by atoms with van der Waals surface area (Å²) in [6.07, 6.45) is 2.07. The molecule has 1 aliphatic heterocycles. The summed E-state index contributed by atoms with van der Waals surface area (Å²) in [5.41, 5.74) is 0.861. The van der Waals surface area contributed by atoms with E-state index in [1.54, 1.807) is 18.2 Å². The number of nitrogens with zero attached hydrogens (tertiary/aromatic N) is 1. The average molecular weight is 358 g/mol. The summed E-state index contributed by atoms with van der Waals surface area (Å²) >= 11 is 0. The Morgan fingerprint density at radius 1 is 1.12 bits per heavy atom. The number of carbonyl (C=O) groups is 2. The molecule has 0 aromatic heterocycles. The van der Waals surface area contributed by atoms with E-state index in [0.29, 0.717) is 17.7 Å². The van der Waals surface area contributed by atoms with Crippen molar-refractivity contribution in [3.63, 3.8) is 0 Å². The summed E-state index contributed by atoms with van der Waals surface area (Å²) in [6, 6.07) is 11.5. The maximum Gasteiger partial charge on any atom is 0.229 e. The van der Waals surface area contributed by atoms with Gasteiger partial charge in [-0.1, -0.05) is 18.2 Å². The second kappa shape index (κ2) is 8.08. The van der Waals surface area contributed by atoms with Gasteiger partial charge in [-0.25, -0.2) is 8.78 Å². The Morgan fingerprint density at radius 3 is 2.54 bits per heavy atom. The van der Waals surface area contributed by atoms with E-state index in [9.17, 15) is 18.4 Å². The van der Waals surface area contributed by atoms with E-state index in [2.05, 4.69) is 5.32 Å². The number of nitrogens with one attached hydrogen (secondary N) is 1. The molecule has 3 rings (SSSR count). The molecule has 4 nitrogen and oxygen atoms in total. The number of carbonyl (C=O) groups excluding carboxylic acids is 2. The van der Waals surface area contributed by atoms with Crippen LogP contribution in [-0.4, -0.2) is 17.9 Å². The first-order chi connectivity index (χ1) is 12.5.